The molecule has 0 aliphatic carbocycles. The van der Waals surface area contributed by atoms with Gasteiger partial charge in [0.2, 0.25) is 18.3 Å². The lowest BCUT2D eigenvalue weighted by molar-refractivity contribution is -0.122. The van der Waals surface area contributed by atoms with E-state index in [0.717, 1.165) is 83.4 Å². The van der Waals surface area contributed by atoms with E-state index in [9.17, 15) is 14.4 Å². The van der Waals surface area contributed by atoms with Crippen LogP contribution in [0.25, 0.3) is 11.2 Å². The SMILES string of the molecule is CC.CCCCNc1nc(N)c2[nH]c(=O)n(Cc3ccc(C)cc3)c2n1.NCCCNCCCCNCCCNC(=O)CNC=O. The van der Waals surface area contributed by atoms with E-state index in [0.29, 0.717) is 36.6 Å². The summed E-state index contributed by atoms with van der Waals surface area (Å²) in [7, 11) is 0. The first-order valence-corrected chi connectivity index (χ1v) is 16.5. The summed E-state index contributed by atoms with van der Waals surface area (Å²) in [6.07, 6.45) is 6.84. The Balaban J connectivity index is 0.000000445. The number of H-pyrrole nitrogens is 1. The van der Waals surface area contributed by atoms with Crippen LogP contribution in [0.3, 0.4) is 0 Å². The molecule has 2 aromatic heterocycles. The van der Waals surface area contributed by atoms with Crippen LogP contribution in [-0.4, -0.2) is 84.2 Å². The maximum atomic E-state index is 12.3. The maximum Gasteiger partial charge on any atom is 0.328 e. The Morgan fingerprint density at radius 1 is 0.935 bits per heavy atom. The van der Waals surface area contributed by atoms with Crippen molar-refractivity contribution in [3.63, 3.8) is 0 Å². The van der Waals surface area contributed by atoms with E-state index in [2.05, 4.69) is 48.5 Å². The summed E-state index contributed by atoms with van der Waals surface area (Å²) >= 11 is 0. The van der Waals surface area contributed by atoms with Gasteiger partial charge in [0, 0.05) is 13.1 Å². The van der Waals surface area contributed by atoms with Gasteiger partial charge in [0.1, 0.15) is 5.52 Å². The van der Waals surface area contributed by atoms with E-state index < -0.39 is 0 Å². The number of carbonyl (C=O) groups excluding carboxylic acids is 2. The minimum Gasteiger partial charge on any atom is -0.382 e. The Morgan fingerprint density at radius 3 is 2.22 bits per heavy atom. The number of nitrogens with two attached hydrogens (primary N) is 2. The summed E-state index contributed by atoms with van der Waals surface area (Å²) in [5.41, 5.74) is 14.3. The average Bonchev–Trinajstić information content (AvgIpc) is 3.38. The molecule has 0 saturated heterocycles. The quantitative estimate of drug-likeness (QED) is 0.0624. The zero-order valence-corrected chi connectivity index (χ0v) is 28.2. The number of carbonyl (C=O) groups is 2. The highest BCUT2D eigenvalue weighted by Crippen LogP contribution is 2.17. The van der Waals surface area contributed by atoms with Gasteiger partial charge in [-0.1, -0.05) is 57.0 Å². The highest BCUT2D eigenvalue weighted by Gasteiger charge is 2.14. The third kappa shape index (κ3) is 16.3. The Labute approximate surface area is 273 Å². The van der Waals surface area contributed by atoms with Crippen LogP contribution >= 0.6 is 0 Å². The van der Waals surface area contributed by atoms with Crippen molar-refractivity contribution in [3.8, 4) is 0 Å². The molecule has 0 aliphatic rings. The van der Waals surface area contributed by atoms with Crippen molar-refractivity contribution in [3.05, 3.63) is 45.9 Å². The lowest BCUT2D eigenvalue weighted by atomic mass is 10.1. The van der Waals surface area contributed by atoms with Gasteiger partial charge in [-0.15, -0.1) is 0 Å². The highest BCUT2D eigenvalue weighted by atomic mass is 16.2. The second-order valence-electron chi connectivity index (χ2n) is 10.5. The zero-order valence-electron chi connectivity index (χ0n) is 28.2. The molecule has 14 heteroatoms. The molecule has 0 bridgehead atoms. The molecule has 14 nitrogen and oxygen atoms in total. The molecular formula is C32H57N11O3. The Bertz CT molecular complexity index is 1290. The van der Waals surface area contributed by atoms with Crippen LogP contribution in [0.1, 0.15) is 70.4 Å². The molecule has 0 fully saturated rings. The molecule has 0 atom stereocenters. The standard InChI is InChI=1S/C17H22N6O.C13H29N5O2.C2H6/c1-3-4-9-19-16-21-14(18)13-15(22-16)23(17(24)20-13)10-12-7-5-11(2)6-8-12;14-5-3-8-15-6-1-2-7-16-9-4-10-18-13(20)11-17-12-19;1-2/h5-8H,3-4,9-10H2,1-2H3,(H,20,24)(H3,18,19,21,22);12,15-16H,1-11,14H2,(H,17,19)(H,18,20);1-2H3. The van der Waals surface area contributed by atoms with E-state index >= 15 is 0 Å². The predicted octanol–water partition coefficient (Wildman–Crippen LogP) is 1.84. The normalized spacial score (nSPS) is 10.4. The van der Waals surface area contributed by atoms with Crippen LogP contribution in [0.5, 0.6) is 0 Å². The number of anilines is 2. The minimum absolute atomic E-state index is 0.0497. The van der Waals surface area contributed by atoms with Gasteiger partial charge in [0.25, 0.3) is 0 Å². The van der Waals surface area contributed by atoms with Crippen LogP contribution in [0.4, 0.5) is 11.8 Å². The zero-order chi connectivity index (χ0) is 34.0. The van der Waals surface area contributed by atoms with Gasteiger partial charge in [-0.05, 0) is 77.3 Å². The van der Waals surface area contributed by atoms with Gasteiger partial charge < -0.3 is 43.0 Å². The third-order valence-corrected chi connectivity index (χ3v) is 6.64. The molecule has 2 amide bonds. The lowest BCUT2D eigenvalue weighted by Gasteiger charge is -2.07. The second-order valence-corrected chi connectivity index (χ2v) is 10.5. The number of aromatic amines is 1. The van der Waals surface area contributed by atoms with Gasteiger partial charge in [-0.2, -0.15) is 9.97 Å². The van der Waals surface area contributed by atoms with E-state index in [-0.39, 0.29) is 24.0 Å². The number of hydrogen-bond acceptors (Lipinski definition) is 10. The van der Waals surface area contributed by atoms with Crippen LogP contribution in [0.15, 0.2) is 29.1 Å². The summed E-state index contributed by atoms with van der Waals surface area (Å²) < 4.78 is 1.59. The van der Waals surface area contributed by atoms with Crippen molar-refractivity contribution in [2.45, 2.75) is 72.8 Å². The number of aryl methyl sites for hydroxylation is 1. The molecular weight excluding hydrogens is 586 g/mol. The first-order chi connectivity index (χ1) is 22.4. The fourth-order valence-electron chi connectivity index (χ4n) is 4.15. The number of benzene rings is 1. The Morgan fingerprint density at radius 2 is 1.59 bits per heavy atom. The molecule has 258 valence electrons. The molecule has 3 aromatic rings. The molecule has 0 unspecified atom stereocenters. The molecule has 10 N–H and O–H groups in total. The van der Waals surface area contributed by atoms with E-state index in [1.54, 1.807) is 4.57 Å². The maximum absolute atomic E-state index is 12.3. The number of unbranched alkanes of at least 4 members (excludes halogenated alkanes) is 2. The number of nitrogen functional groups attached to an aromatic ring is 1. The first kappa shape index (κ1) is 40.0. The van der Waals surface area contributed by atoms with Crippen molar-refractivity contribution in [1.29, 1.82) is 0 Å². The fourth-order valence-corrected chi connectivity index (χ4v) is 4.15. The van der Waals surface area contributed by atoms with Crippen molar-refractivity contribution >= 4 is 35.2 Å². The molecule has 46 heavy (non-hydrogen) atoms. The summed E-state index contributed by atoms with van der Waals surface area (Å²) in [5.74, 6) is 0.574. The molecule has 0 spiro atoms. The summed E-state index contributed by atoms with van der Waals surface area (Å²) in [4.78, 5) is 44.8. The molecule has 1 aromatic carbocycles. The van der Waals surface area contributed by atoms with E-state index in [1.165, 1.54) is 5.56 Å². The number of aromatic nitrogens is 4. The van der Waals surface area contributed by atoms with Crippen LogP contribution in [-0.2, 0) is 16.1 Å². The van der Waals surface area contributed by atoms with Gasteiger partial charge in [0.15, 0.2) is 11.5 Å². The first-order valence-electron chi connectivity index (χ1n) is 16.5. The molecule has 0 radical (unpaired) electrons. The van der Waals surface area contributed by atoms with Gasteiger partial charge >= 0.3 is 5.69 Å². The predicted molar refractivity (Wildman–Crippen MR) is 188 cm³/mol. The molecule has 0 saturated carbocycles. The number of amides is 2. The van der Waals surface area contributed by atoms with Crippen LogP contribution in [0.2, 0.25) is 0 Å². The fraction of sp³-hybridized carbons (Fsp3) is 0.594. The highest BCUT2D eigenvalue weighted by molar-refractivity contribution is 5.83. The summed E-state index contributed by atoms with van der Waals surface area (Å²) in [6.45, 7) is 14.7. The molecule has 3 rings (SSSR count). The van der Waals surface area contributed by atoms with Gasteiger partial charge in [-0.25, -0.2) is 4.79 Å². The van der Waals surface area contributed by atoms with Crippen molar-refractivity contribution < 1.29 is 9.59 Å². The topological polar surface area (TPSA) is 210 Å². The number of hydrogen-bond donors (Lipinski definition) is 8. The summed E-state index contributed by atoms with van der Waals surface area (Å²) in [5, 5.41) is 14.9. The Kier molecular flexibility index (Phi) is 21.9. The summed E-state index contributed by atoms with van der Waals surface area (Å²) in [6, 6.07) is 8.06. The van der Waals surface area contributed by atoms with Crippen molar-refractivity contribution in [2.24, 2.45) is 5.73 Å². The van der Waals surface area contributed by atoms with Crippen molar-refractivity contribution in [1.82, 2.24) is 40.8 Å². The molecule has 2 heterocycles. The van der Waals surface area contributed by atoms with Crippen molar-refractivity contribution in [2.75, 3.05) is 63.4 Å². The van der Waals surface area contributed by atoms with Gasteiger partial charge in [-0.3, -0.25) is 14.2 Å². The van der Waals surface area contributed by atoms with Gasteiger partial charge in [0.05, 0.1) is 13.1 Å². The number of imidazole rings is 1. The van der Waals surface area contributed by atoms with E-state index in [1.807, 2.05) is 45.0 Å². The second kappa shape index (κ2) is 25.2. The van der Waals surface area contributed by atoms with E-state index in [4.69, 9.17) is 11.5 Å². The monoisotopic (exact) mass is 643 g/mol. The number of nitrogens with one attached hydrogen (secondary N) is 6. The number of rotatable bonds is 21. The number of nitrogens with zero attached hydrogens (tertiary/aromatic N) is 3. The Hall–Kier alpha value is -4.01. The molecule has 0 aliphatic heterocycles. The minimum atomic E-state index is -0.239. The lowest BCUT2D eigenvalue weighted by Crippen LogP contribution is -2.34. The smallest absolute Gasteiger partial charge is 0.328 e. The largest absolute Gasteiger partial charge is 0.382 e. The van der Waals surface area contributed by atoms with Crippen LogP contribution < -0.4 is 43.7 Å². The van der Waals surface area contributed by atoms with Crippen LogP contribution in [0, 0.1) is 6.92 Å². The number of fused-ring (bicyclic) bond motifs is 1. The average molecular weight is 644 g/mol. The third-order valence-electron chi connectivity index (χ3n) is 6.64.